The number of hydrogen-bond acceptors (Lipinski definition) is 3. The first-order chi connectivity index (χ1) is 8.15. The van der Waals surface area contributed by atoms with Gasteiger partial charge in [0, 0.05) is 25.2 Å². The molecule has 17 heavy (non-hydrogen) atoms. The molecule has 1 aliphatic rings. The highest BCUT2D eigenvalue weighted by Gasteiger charge is 2.24. The molecular weight excluding hydrogens is 212 g/mol. The third-order valence-electron chi connectivity index (χ3n) is 3.63. The van der Waals surface area contributed by atoms with E-state index in [0.29, 0.717) is 12.1 Å². The van der Waals surface area contributed by atoms with Crippen molar-refractivity contribution in [3.05, 3.63) is 0 Å². The maximum absolute atomic E-state index is 5.44. The van der Waals surface area contributed by atoms with E-state index in [1.165, 1.54) is 25.9 Å². The van der Waals surface area contributed by atoms with E-state index in [4.69, 9.17) is 4.74 Å². The Morgan fingerprint density at radius 1 is 1.18 bits per heavy atom. The minimum Gasteiger partial charge on any atom is -0.380 e. The number of likely N-dealkylation sites (tertiary alicyclic amines) is 1. The van der Waals surface area contributed by atoms with Crippen molar-refractivity contribution in [2.75, 3.05) is 32.8 Å². The Hall–Kier alpha value is -0.120. The Balaban J connectivity index is 2.28. The monoisotopic (exact) mass is 242 g/mol. The van der Waals surface area contributed by atoms with Gasteiger partial charge < -0.3 is 10.1 Å². The number of ether oxygens (including phenoxy) is 1. The molecule has 0 amide bonds. The van der Waals surface area contributed by atoms with Crippen molar-refractivity contribution in [2.45, 2.75) is 52.6 Å². The van der Waals surface area contributed by atoms with E-state index < -0.39 is 0 Å². The molecule has 0 aromatic rings. The van der Waals surface area contributed by atoms with E-state index in [-0.39, 0.29) is 0 Å². The van der Waals surface area contributed by atoms with Crippen molar-refractivity contribution in [3.63, 3.8) is 0 Å². The third-order valence-corrected chi connectivity index (χ3v) is 3.63. The van der Waals surface area contributed by atoms with E-state index in [2.05, 4.69) is 31.0 Å². The van der Waals surface area contributed by atoms with E-state index >= 15 is 0 Å². The van der Waals surface area contributed by atoms with Crippen LogP contribution in [0.2, 0.25) is 0 Å². The lowest BCUT2D eigenvalue weighted by Gasteiger charge is -2.32. The van der Waals surface area contributed by atoms with Crippen LogP contribution in [-0.4, -0.2) is 49.8 Å². The Labute approximate surface area is 107 Å². The first kappa shape index (κ1) is 14.9. The minimum absolute atomic E-state index is 0.457. The second-order valence-electron chi connectivity index (χ2n) is 5.52. The quantitative estimate of drug-likeness (QED) is 0.705. The van der Waals surface area contributed by atoms with Gasteiger partial charge in [-0.15, -0.1) is 0 Å². The maximum Gasteiger partial charge on any atom is 0.0616 e. The van der Waals surface area contributed by atoms with Crippen LogP contribution in [0.4, 0.5) is 0 Å². The molecule has 1 saturated heterocycles. The van der Waals surface area contributed by atoms with Crippen molar-refractivity contribution in [3.8, 4) is 0 Å². The zero-order valence-electron chi connectivity index (χ0n) is 12.0. The first-order valence-corrected chi connectivity index (χ1v) is 7.20. The van der Waals surface area contributed by atoms with Gasteiger partial charge in [0.2, 0.25) is 0 Å². The summed E-state index contributed by atoms with van der Waals surface area (Å²) in [6.45, 7) is 14.2. The van der Waals surface area contributed by atoms with Crippen molar-refractivity contribution in [1.29, 1.82) is 0 Å². The lowest BCUT2D eigenvalue weighted by molar-refractivity contribution is 0.119. The van der Waals surface area contributed by atoms with Crippen molar-refractivity contribution in [1.82, 2.24) is 10.2 Å². The van der Waals surface area contributed by atoms with E-state index in [1.807, 2.05) is 6.92 Å². The third kappa shape index (κ3) is 5.36. The highest BCUT2D eigenvalue weighted by Crippen LogP contribution is 2.17. The maximum atomic E-state index is 5.44. The topological polar surface area (TPSA) is 24.5 Å². The number of rotatable bonds is 8. The first-order valence-electron chi connectivity index (χ1n) is 7.20. The Kier molecular flexibility index (Phi) is 7.09. The zero-order chi connectivity index (χ0) is 12.7. The van der Waals surface area contributed by atoms with E-state index in [1.54, 1.807) is 0 Å². The van der Waals surface area contributed by atoms with Gasteiger partial charge in [-0.3, -0.25) is 4.90 Å². The molecule has 1 aliphatic heterocycles. The fraction of sp³-hybridized carbons (Fsp3) is 1.00. The highest BCUT2D eigenvalue weighted by molar-refractivity contribution is 4.81. The minimum atomic E-state index is 0.457. The Morgan fingerprint density at radius 2 is 1.82 bits per heavy atom. The van der Waals surface area contributed by atoms with Crippen molar-refractivity contribution in [2.24, 2.45) is 5.92 Å². The molecule has 1 N–H and O–H groups in total. The van der Waals surface area contributed by atoms with Crippen LogP contribution >= 0.6 is 0 Å². The van der Waals surface area contributed by atoms with Crippen LogP contribution in [0.15, 0.2) is 0 Å². The van der Waals surface area contributed by atoms with E-state index in [0.717, 1.165) is 25.7 Å². The van der Waals surface area contributed by atoms with Crippen LogP contribution in [-0.2, 0) is 4.74 Å². The lowest BCUT2D eigenvalue weighted by atomic mass is 10.0. The van der Waals surface area contributed by atoms with Gasteiger partial charge in [-0.2, -0.15) is 0 Å². The van der Waals surface area contributed by atoms with Gasteiger partial charge in [-0.25, -0.2) is 0 Å². The summed E-state index contributed by atoms with van der Waals surface area (Å²) in [5, 5.41) is 3.61. The van der Waals surface area contributed by atoms with Gasteiger partial charge in [0.15, 0.2) is 0 Å². The van der Waals surface area contributed by atoms with Gasteiger partial charge in [-0.05, 0) is 45.7 Å². The van der Waals surface area contributed by atoms with Gasteiger partial charge in [-0.1, -0.05) is 13.8 Å². The van der Waals surface area contributed by atoms with Crippen molar-refractivity contribution < 1.29 is 4.74 Å². The fourth-order valence-corrected chi connectivity index (χ4v) is 2.54. The normalized spacial score (nSPS) is 21.0. The largest absolute Gasteiger partial charge is 0.380 e. The van der Waals surface area contributed by atoms with Gasteiger partial charge in [0.1, 0.15) is 0 Å². The van der Waals surface area contributed by atoms with Crippen LogP contribution in [0.1, 0.15) is 40.5 Å². The molecule has 1 rings (SSSR count). The molecule has 0 aromatic heterocycles. The molecule has 102 valence electrons. The van der Waals surface area contributed by atoms with Crippen LogP contribution in [0.3, 0.4) is 0 Å². The second kappa shape index (κ2) is 8.06. The highest BCUT2D eigenvalue weighted by atomic mass is 16.5. The lowest BCUT2D eigenvalue weighted by Crippen LogP contribution is -2.47. The number of nitrogens with one attached hydrogen (secondary N) is 1. The van der Waals surface area contributed by atoms with Gasteiger partial charge in [0.05, 0.1) is 6.61 Å². The molecule has 0 saturated carbocycles. The molecule has 0 bridgehead atoms. The number of hydrogen-bond donors (Lipinski definition) is 1. The summed E-state index contributed by atoms with van der Waals surface area (Å²) in [4.78, 5) is 2.64. The SMILES string of the molecule is CCOCC(C)NCC(C(C)C)N1CCCC1. The summed E-state index contributed by atoms with van der Waals surface area (Å²) in [5.74, 6) is 0.722. The zero-order valence-corrected chi connectivity index (χ0v) is 12.0. The molecule has 2 unspecified atom stereocenters. The standard InChI is InChI=1S/C14H30N2O/c1-5-17-11-13(4)15-10-14(12(2)3)16-8-6-7-9-16/h12-15H,5-11H2,1-4H3. The Bertz CT molecular complexity index is 191. The molecule has 0 spiro atoms. The van der Waals surface area contributed by atoms with Crippen LogP contribution < -0.4 is 5.32 Å². The Morgan fingerprint density at radius 3 is 2.35 bits per heavy atom. The van der Waals surface area contributed by atoms with Crippen molar-refractivity contribution >= 4 is 0 Å². The average Bonchev–Trinajstić information content (AvgIpc) is 2.79. The molecule has 0 aromatic carbocycles. The van der Waals surface area contributed by atoms with Crippen LogP contribution in [0.25, 0.3) is 0 Å². The van der Waals surface area contributed by atoms with E-state index in [9.17, 15) is 0 Å². The fourth-order valence-electron chi connectivity index (χ4n) is 2.54. The molecule has 0 aliphatic carbocycles. The molecule has 3 nitrogen and oxygen atoms in total. The summed E-state index contributed by atoms with van der Waals surface area (Å²) >= 11 is 0. The van der Waals surface area contributed by atoms with Crippen LogP contribution in [0, 0.1) is 5.92 Å². The predicted molar refractivity (Wildman–Crippen MR) is 73.4 cm³/mol. The second-order valence-corrected chi connectivity index (χ2v) is 5.52. The molecular formula is C14H30N2O. The van der Waals surface area contributed by atoms with Gasteiger partial charge in [0.25, 0.3) is 0 Å². The van der Waals surface area contributed by atoms with Crippen LogP contribution in [0.5, 0.6) is 0 Å². The summed E-state index contributed by atoms with van der Waals surface area (Å²) < 4.78 is 5.44. The molecule has 0 radical (unpaired) electrons. The molecule has 3 heteroatoms. The summed E-state index contributed by atoms with van der Waals surface area (Å²) in [7, 11) is 0. The smallest absolute Gasteiger partial charge is 0.0616 e. The predicted octanol–water partition coefficient (Wildman–Crippen LogP) is 2.12. The summed E-state index contributed by atoms with van der Waals surface area (Å²) in [6, 6.07) is 1.14. The summed E-state index contributed by atoms with van der Waals surface area (Å²) in [6.07, 6.45) is 2.75. The molecule has 2 atom stereocenters. The molecule has 1 fully saturated rings. The molecule has 1 heterocycles. The summed E-state index contributed by atoms with van der Waals surface area (Å²) in [5.41, 5.74) is 0. The average molecular weight is 242 g/mol. The number of nitrogens with zero attached hydrogens (tertiary/aromatic N) is 1. The van der Waals surface area contributed by atoms with Gasteiger partial charge >= 0.3 is 0 Å².